The van der Waals surface area contributed by atoms with Crippen molar-refractivity contribution in [2.24, 2.45) is 0 Å². The Balaban J connectivity index is 2.15. The van der Waals surface area contributed by atoms with Crippen LogP contribution in [0.3, 0.4) is 0 Å². The number of ether oxygens (including phenoxy) is 1. The lowest BCUT2D eigenvalue weighted by Gasteiger charge is -2.12. The molecular weight excluding hydrogens is 202 g/mol. The van der Waals surface area contributed by atoms with Crippen molar-refractivity contribution in [3.8, 4) is 5.75 Å². The van der Waals surface area contributed by atoms with Gasteiger partial charge in [-0.15, -0.1) is 0 Å². The molecule has 1 heterocycles. The van der Waals surface area contributed by atoms with Gasteiger partial charge < -0.3 is 10.1 Å². The van der Waals surface area contributed by atoms with Crippen LogP contribution in [0.15, 0.2) is 18.2 Å². The molecule has 1 aromatic rings. The van der Waals surface area contributed by atoms with Crippen LogP contribution in [-0.4, -0.2) is 26.0 Å². The fraction of sp³-hybridized carbons (Fsp3) is 0.462. The van der Waals surface area contributed by atoms with Gasteiger partial charge >= 0.3 is 0 Å². The van der Waals surface area contributed by atoms with E-state index in [9.17, 15) is 4.79 Å². The topological polar surface area (TPSA) is 38.3 Å². The van der Waals surface area contributed by atoms with Crippen molar-refractivity contribution in [3.05, 3.63) is 29.3 Å². The van der Waals surface area contributed by atoms with E-state index in [2.05, 4.69) is 5.32 Å². The van der Waals surface area contributed by atoms with E-state index in [1.54, 1.807) is 13.2 Å². The Kier molecular flexibility index (Phi) is 3.57. The Morgan fingerprint density at radius 2 is 2.44 bits per heavy atom. The first-order valence-corrected chi connectivity index (χ1v) is 5.69. The van der Waals surface area contributed by atoms with E-state index in [0.29, 0.717) is 6.04 Å². The van der Waals surface area contributed by atoms with Crippen LogP contribution in [0.4, 0.5) is 0 Å². The van der Waals surface area contributed by atoms with Crippen molar-refractivity contribution in [1.29, 1.82) is 0 Å². The SMILES string of the molecule is COc1ccc(CC2CCCN2)c(C=O)c1. The number of methoxy groups -OCH3 is 1. The summed E-state index contributed by atoms with van der Waals surface area (Å²) in [4.78, 5) is 11.0. The van der Waals surface area contributed by atoms with Crippen molar-refractivity contribution in [2.75, 3.05) is 13.7 Å². The van der Waals surface area contributed by atoms with Crippen LogP contribution in [0.25, 0.3) is 0 Å². The molecule has 0 spiro atoms. The molecule has 0 radical (unpaired) electrons. The zero-order valence-electron chi connectivity index (χ0n) is 9.53. The average molecular weight is 219 g/mol. The van der Waals surface area contributed by atoms with Gasteiger partial charge in [0.05, 0.1) is 7.11 Å². The highest BCUT2D eigenvalue weighted by Gasteiger charge is 2.16. The molecule has 2 rings (SSSR count). The van der Waals surface area contributed by atoms with E-state index in [0.717, 1.165) is 36.1 Å². The maximum absolute atomic E-state index is 11.0. The van der Waals surface area contributed by atoms with Crippen LogP contribution >= 0.6 is 0 Å². The zero-order chi connectivity index (χ0) is 11.4. The molecule has 16 heavy (non-hydrogen) atoms. The summed E-state index contributed by atoms with van der Waals surface area (Å²) in [5, 5.41) is 3.44. The number of benzene rings is 1. The molecule has 1 saturated heterocycles. The Labute approximate surface area is 95.8 Å². The second kappa shape index (κ2) is 5.12. The first-order chi connectivity index (χ1) is 7.83. The molecule has 0 bridgehead atoms. The lowest BCUT2D eigenvalue weighted by Crippen LogP contribution is -2.24. The van der Waals surface area contributed by atoms with Crippen LogP contribution in [0.2, 0.25) is 0 Å². The highest BCUT2D eigenvalue weighted by Crippen LogP contribution is 2.19. The molecule has 0 amide bonds. The van der Waals surface area contributed by atoms with Gasteiger partial charge in [-0.1, -0.05) is 6.07 Å². The molecule has 1 fully saturated rings. The van der Waals surface area contributed by atoms with Crippen molar-refractivity contribution >= 4 is 6.29 Å². The number of hydrogen-bond donors (Lipinski definition) is 1. The Hall–Kier alpha value is -1.35. The zero-order valence-corrected chi connectivity index (χ0v) is 9.53. The maximum Gasteiger partial charge on any atom is 0.150 e. The minimum absolute atomic E-state index is 0.520. The third kappa shape index (κ3) is 2.42. The van der Waals surface area contributed by atoms with Crippen molar-refractivity contribution in [1.82, 2.24) is 5.32 Å². The smallest absolute Gasteiger partial charge is 0.150 e. The first-order valence-electron chi connectivity index (χ1n) is 5.69. The Bertz CT molecular complexity index is 370. The lowest BCUT2D eigenvalue weighted by molar-refractivity contribution is 0.112. The van der Waals surface area contributed by atoms with E-state index >= 15 is 0 Å². The fourth-order valence-corrected chi connectivity index (χ4v) is 2.19. The third-order valence-electron chi connectivity index (χ3n) is 3.11. The molecule has 1 aliphatic rings. The lowest BCUT2D eigenvalue weighted by atomic mass is 10.00. The van der Waals surface area contributed by atoms with E-state index in [-0.39, 0.29) is 0 Å². The number of carbonyl (C=O) groups excluding carboxylic acids is 1. The molecule has 3 heteroatoms. The predicted molar refractivity (Wildman–Crippen MR) is 63.1 cm³/mol. The van der Waals surface area contributed by atoms with Crippen molar-refractivity contribution in [3.63, 3.8) is 0 Å². The predicted octanol–water partition coefficient (Wildman–Crippen LogP) is 1.80. The van der Waals surface area contributed by atoms with Crippen molar-refractivity contribution < 1.29 is 9.53 Å². The van der Waals surface area contributed by atoms with Gasteiger partial charge in [-0.25, -0.2) is 0 Å². The van der Waals surface area contributed by atoms with Crippen LogP contribution in [0.5, 0.6) is 5.75 Å². The first kappa shape index (κ1) is 11.1. The van der Waals surface area contributed by atoms with E-state index < -0.39 is 0 Å². The van der Waals surface area contributed by atoms with Crippen LogP contribution in [-0.2, 0) is 6.42 Å². The standard InChI is InChI=1S/C13H17NO2/c1-16-13-5-4-10(11(8-13)9-15)7-12-3-2-6-14-12/h4-5,8-9,12,14H,2-3,6-7H2,1H3. The number of aldehydes is 1. The summed E-state index contributed by atoms with van der Waals surface area (Å²) in [6.07, 6.45) is 4.27. The van der Waals surface area contributed by atoms with E-state index in [1.165, 1.54) is 12.8 Å². The van der Waals surface area contributed by atoms with Crippen LogP contribution < -0.4 is 10.1 Å². The molecule has 0 saturated carbocycles. The van der Waals surface area contributed by atoms with Gasteiger partial charge in [0.25, 0.3) is 0 Å². The van der Waals surface area contributed by atoms with Gasteiger partial charge in [-0.2, -0.15) is 0 Å². The van der Waals surface area contributed by atoms with Crippen LogP contribution in [0, 0.1) is 0 Å². The average Bonchev–Trinajstić information content (AvgIpc) is 2.82. The summed E-state index contributed by atoms with van der Waals surface area (Å²) in [6, 6.07) is 6.23. The highest BCUT2D eigenvalue weighted by atomic mass is 16.5. The van der Waals surface area contributed by atoms with E-state index in [4.69, 9.17) is 4.74 Å². The Morgan fingerprint density at radius 1 is 1.56 bits per heavy atom. The second-order valence-electron chi connectivity index (χ2n) is 4.18. The molecule has 1 aliphatic heterocycles. The van der Waals surface area contributed by atoms with E-state index in [1.807, 2.05) is 12.1 Å². The quantitative estimate of drug-likeness (QED) is 0.785. The summed E-state index contributed by atoms with van der Waals surface area (Å²) in [5.41, 5.74) is 1.85. The number of hydrogen-bond acceptors (Lipinski definition) is 3. The molecule has 1 aromatic carbocycles. The largest absolute Gasteiger partial charge is 0.497 e. The molecule has 1 unspecified atom stereocenters. The van der Waals surface area contributed by atoms with Gasteiger partial charge in [-0.05, 0) is 43.5 Å². The minimum Gasteiger partial charge on any atom is -0.497 e. The molecule has 0 aromatic heterocycles. The van der Waals surface area contributed by atoms with Gasteiger partial charge in [0, 0.05) is 11.6 Å². The third-order valence-corrected chi connectivity index (χ3v) is 3.11. The fourth-order valence-electron chi connectivity index (χ4n) is 2.19. The number of carbonyl (C=O) groups is 1. The second-order valence-corrected chi connectivity index (χ2v) is 4.18. The number of nitrogens with one attached hydrogen (secondary N) is 1. The maximum atomic E-state index is 11.0. The Morgan fingerprint density at radius 3 is 3.06 bits per heavy atom. The molecule has 1 atom stereocenters. The minimum atomic E-state index is 0.520. The molecule has 86 valence electrons. The molecular formula is C13H17NO2. The monoisotopic (exact) mass is 219 g/mol. The summed E-state index contributed by atoms with van der Waals surface area (Å²) in [5.74, 6) is 0.741. The molecule has 1 N–H and O–H groups in total. The van der Waals surface area contributed by atoms with Gasteiger partial charge in [0.1, 0.15) is 12.0 Å². The molecule has 3 nitrogen and oxygen atoms in total. The van der Waals surface area contributed by atoms with Crippen LogP contribution in [0.1, 0.15) is 28.8 Å². The van der Waals surface area contributed by atoms with Crippen molar-refractivity contribution in [2.45, 2.75) is 25.3 Å². The summed E-state index contributed by atoms with van der Waals surface area (Å²) < 4.78 is 5.11. The molecule has 0 aliphatic carbocycles. The van der Waals surface area contributed by atoms with Gasteiger partial charge in [0.15, 0.2) is 0 Å². The van der Waals surface area contributed by atoms with Gasteiger partial charge in [-0.3, -0.25) is 4.79 Å². The summed E-state index contributed by atoms with van der Waals surface area (Å²) >= 11 is 0. The highest BCUT2D eigenvalue weighted by molar-refractivity contribution is 5.78. The summed E-state index contributed by atoms with van der Waals surface area (Å²) in [6.45, 7) is 1.09. The normalized spacial score (nSPS) is 19.7. The van der Waals surface area contributed by atoms with Gasteiger partial charge in [0.2, 0.25) is 0 Å². The summed E-state index contributed by atoms with van der Waals surface area (Å²) in [7, 11) is 1.61. The number of rotatable bonds is 4.